The maximum absolute atomic E-state index is 12.0. The molecule has 2 aromatic rings. The molecular weight excluding hydrogens is 370 g/mol. The lowest BCUT2D eigenvalue weighted by Crippen LogP contribution is -2.22. The average molecular weight is 392 g/mol. The molecule has 0 aliphatic heterocycles. The molecule has 138 valence electrons. The van der Waals surface area contributed by atoms with Gasteiger partial charge in [0.2, 0.25) is 0 Å². The molecule has 26 heavy (non-hydrogen) atoms. The third-order valence-corrected chi connectivity index (χ3v) is 4.96. The second-order valence-electron chi connectivity index (χ2n) is 6.03. The summed E-state index contributed by atoms with van der Waals surface area (Å²) in [6.45, 7) is 5.61. The Labute approximate surface area is 163 Å². The van der Waals surface area contributed by atoms with E-state index in [-0.39, 0.29) is 24.9 Å². The number of aryl methyl sites for hydroxylation is 3. The van der Waals surface area contributed by atoms with Gasteiger partial charge in [-0.1, -0.05) is 29.3 Å². The van der Waals surface area contributed by atoms with Crippen LogP contribution in [-0.2, 0) is 14.3 Å². The van der Waals surface area contributed by atoms with Crippen molar-refractivity contribution in [2.45, 2.75) is 32.1 Å². The van der Waals surface area contributed by atoms with Gasteiger partial charge in [0.05, 0.1) is 6.42 Å². The quantitative estimate of drug-likeness (QED) is 0.537. The van der Waals surface area contributed by atoms with E-state index in [0.29, 0.717) is 10.8 Å². The molecule has 0 aliphatic carbocycles. The summed E-state index contributed by atoms with van der Waals surface area (Å²) in [7, 11) is 0. The standard InChI is InChI=1S/C20H22ClNO3S/c1-13-10-14(2)20(15(3)11-13)22-18(23)12-25-19(24)8-9-26-17-6-4-16(21)5-7-17/h4-7,10-11H,8-9,12H2,1-3H3,(H,22,23). The predicted octanol–water partition coefficient (Wildman–Crippen LogP) is 4.93. The summed E-state index contributed by atoms with van der Waals surface area (Å²) in [5, 5.41) is 3.49. The van der Waals surface area contributed by atoms with Crippen LogP contribution < -0.4 is 5.32 Å². The monoisotopic (exact) mass is 391 g/mol. The van der Waals surface area contributed by atoms with Crippen LogP contribution in [0.2, 0.25) is 5.02 Å². The summed E-state index contributed by atoms with van der Waals surface area (Å²) >= 11 is 7.37. The fourth-order valence-electron chi connectivity index (χ4n) is 2.55. The molecule has 4 nitrogen and oxygen atoms in total. The second kappa shape index (κ2) is 9.64. The van der Waals surface area contributed by atoms with Crippen LogP contribution in [0.1, 0.15) is 23.1 Å². The number of halogens is 1. The molecule has 6 heteroatoms. The number of hydrogen-bond donors (Lipinski definition) is 1. The van der Waals surface area contributed by atoms with Crippen LogP contribution in [-0.4, -0.2) is 24.2 Å². The molecule has 1 amide bonds. The minimum Gasteiger partial charge on any atom is -0.456 e. The Balaban J connectivity index is 1.73. The Bertz CT molecular complexity index is 767. The zero-order valence-corrected chi connectivity index (χ0v) is 16.7. The van der Waals surface area contributed by atoms with E-state index < -0.39 is 0 Å². The molecule has 2 rings (SSSR count). The minimum atomic E-state index is -0.390. The van der Waals surface area contributed by atoms with E-state index in [2.05, 4.69) is 5.32 Å². The Morgan fingerprint density at radius 1 is 1.08 bits per heavy atom. The van der Waals surface area contributed by atoms with Gasteiger partial charge in [0.15, 0.2) is 6.61 Å². The molecule has 0 saturated heterocycles. The lowest BCUT2D eigenvalue weighted by Gasteiger charge is -2.13. The Morgan fingerprint density at radius 3 is 2.31 bits per heavy atom. The topological polar surface area (TPSA) is 55.4 Å². The lowest BCUT2D eigenvalue weighted by molar-refractivity contribution is -0.146. The van der Waals surface area contributed by atoms with E-state index in [1.54, 1.807) is 0 Å². The smallest absolute Gasteiger partial charge is 0.307 e. The van der Waals surface area contributed by atoms with E-state index in [4.69, 9.17) is 16.3 Å². The van der Waals surface area contributed by atoms with Crippen molar-refractivity contribution in [2.75, 3.05) is 17.7 Å². The highest BCUT2D eigenvalue weighted by atomic mass is 35.5. The van der Waals surface area contributed by atoms with E-state index in [0.717, 1.165) is 27.3 Å². The second-order valence-corrected chi connectivity index (χ2v) is 7.64. The first kappa shape index (κ1) is 20.3. The maximum atomic E-state index is 12.0. The zero-order chi connectivity index (χ0) is 19.1. The van der Waals surface area contributed by atoms with E-state index in [1.807, 2.05) is 57.2 Å². The van der Waals surface area contributed by atoms with Crippen LogP contribution in [0.15, 0.2) is 41.3 Å². The number of carbonyl (C=O) groups excluding carboxylic acids is 2. The lowest BCUT2D eigenvalue weighted by atomic mass is 10.1. The number of anilines is 1. The van der Waals surface area contributed by atoms with Crippen molar-refractivity contribution in [3.63, 3.8) is 0 Å². The van der Waals surface area contributed by atoms with Gasteiger partial charge in [0.25, 0.3) is 5.91 Å². The fraction of sp³-hybridized carbons (Fsp3) is 0.300. The highest BCUT2D eigenvalue weighted by molar-refractivity contribution is 7.99. The molecule has 0 bridgehead atoms. The highest BCUT2D eigenvalue weighted by Gasteiger charge is 2.11. The number of esters is 1. The maximum Gasteiger partial charge on any atom is 0.307 e. The number of nitrogens with one attached hydrogen (secondary N) is 1. The number of thioether (sulfide) groups is 1. The number of ether oxygens (including phenoxy) is 1. The van der Waals surface area contributed by atoms with Crippen LogP contribution in [0.5, 0.6) is 0 Å². The van der Waals surface area contributed by atoms with Gasteiger partial charge in [0.1, 0.15) is 0 Å². The van der Waals surface area contributed by atoms with Crippen molar-refractivity contribution in [1.82, 2.24) is 0 Å². The summed E-state index contributed by atoms with van der Waals surface area (Å²) in [5.41, 5.74) is 3.89. The highest BCUT2D eigenvalue weighted by Crippen LogP contribution is 2.22. The number of amides is 1. The molecule has 0 aromatic heterocycles. The molecule has 0 unspecified atom stereocenters. The van der Waals surface area contributed by atoms with Crippen molar-refractivity contribution < 1.29 is 14.3 Å². The normalized spacial score (nSPS) is 10.5. The summed E-state index contributed by atoms with van der Waals surface area (Å²) < 4.78 is 5.05. The first-order chi connectivity index (χ1) is 12.3. The molecule has 0 heterocycles. The van der Waals surface area contributed by atoms with Gasteiger partial charge in [-0.3, -0.25) is 9.59 Å². The zero-order valence-electron chi connectivity index (χ0n) is 15.1. The van der Waals surface area contributed by atoms with Gasteiger partial charge >= 0.3 is 5.97 Å². The van der Waals surface area contributed by atoms with Crippen LogP contribution in [0.3, 0.4) is 0 Å². The fourth-order valence-corrected chi connectivity index (χ4v) is 3.51. The van der Waals surface area contributed by atoms with Gasteiger partial charge in [-0.25, -0.2) is 0 Å². The first-order valence-electron chi connectivity index (χ1n) is 8.27. The molecule has 2 aromatic carbocycles. The van der Waals surface area contributed by atoms with Crippen LogP contribution in [0, 0.1) is 20.8 Å². The van der Waals surface area contributed by atoms with Gasteiger partial charge in [-0.15, -0.1) is 11.8 Å². The van der Waals surface area contributed by atoms with Crippen molar-refractivity contribution in [1.29, 1.82) is 0 Å². The third-order valence-electron chi connectivity index (χ3n) is 3.69. The Hall–Kier alpha value is -1.98. The largest absolute Gasteiger partial charge is 0.456 e. The van der Waals surface area contributed by atoms with E-state index >= 15 is 0 Å². The van der Waals surface area contributed by atoms with Gasteiger partial charge in [0, 0.05) is 21.4 Å². The van der Waals surface area contributed by atoms with Crippen molar-refractivity contribution in [3.05, 3.63) is 58.1 Å². The molecular formula is C20H22ClNO3S. The van der Waals surface area contributed by atoms with E-state index in [9.17, 15) is 9.59 Å². The Kier molecular flexibility index (Phi) is 7.54. The first-order valence-corrected chi connectivity index (χ1v) is 9.63. The average Bonchev–Trinajstić information content (AvgIpc) is 2.58. The number of carbonyl (C=O) groups is 2. The molecule has 0 atom stereocenters. The molecule has 0 radical (unpaired) electrons. The van der Waals surface area contributed by atoms with Crippen LogP contribution in [0.25, 0.3) is 0 Å². The van der Waals surface area contributed by atoms with Gasteiger partial charge in [-0.2, -0.15) is 0 Å². The van der Waals surface area contributed by atoms with Gasteiger partial charge < -0.3 is 10.1 Å². The predicted molar refractivity (Wildman–Crippen MR) is 107 cm³/mol. The summed E-state index contributed by atoms with van der Waals surface area (Å²) in [6, 6.07) is 11.4. The molecule has 0 fully saturated rings. The number of benzene rings is 2. The number of rotatable bonds is 7. The van der Waals surface area contributed by atoms with Crippen molar-refractivity contribution >= 4 is 40.9 Å². The van der Waals surface area contributed by atoms with Crippen LogP contribution >= 0.6 is 23.4 Å². The van der Waals surface area contributed by atoms with Crippen LogP contribution in [0.4, 0.5) is 5.69 Å². The minimum absolute atomic E-state index is 0.239. The number of hydrogen-bond acceptors (Lipinski definition) is 4. The molecule has 0 spiro atoms. The summed E-state index contributed by atoms with van der Waals surface area (Å²) in [4.78, 5) is 24.8. The summed E-state index contributed by atoms with van der Waals surface area (Å²) in [6.07, 6.45) is 0.239. The third kappa shape index (κ3) is 6.39. The van der Waals surface area contributed by atoms with Crippen molar-refractivity contribution in [2.24, 2.45) is 0 Å². The molecule has 0 saturated carbocycles. The van der Waals surface area contributed by atoms with Gasteiger partial charge in [-0.05, 0) is 56.2 Å². The molecule has 1 N–H and O–H groups in total. The Morgan fingerprint density at radius 2 is 1.69 bits per heavy atom. The molecule has 0 aliphatic rings. The van der Waals surface area contributed by atoms with Crippen molar-refractivity contribution in [3.8, 4) is 0 Å². The SMILES string of the molecule is Cc1cc(C)c(NC(=O)COC(=O)CCSc2ccc(Cl)cc2)c(C)c1. The van der Waals surface area contributed by atoms with E-state index in [1.165, 1.54) is 11.8 Å². The summed E-state index contributed by atoms with van der Waals surface area (Å²) in [5.74, 6) is -0.143.